The molecular weight excluding hydrogens is 190 g/mol. The fourth-order valence-corrected chi connectivity index (χ4v) is 2.03. The van der Waals surface area contributed by atoms with Crippen LogP contribution in [0.15, 0.2) is 0 Å². The third-order valence-electron chi connectivity index (χ3n) is 2.97. The zero-order valence-electron chi connectivity index (χ0n) is 9.87. The van der Waals surface area contributed by atoms with E-state index in [-0.39, 0.29) is 11.8 Å². The maximum atomic E-state index is 11.8. The van der Waals surface area contributed by atoms with Crippen molar-refractivity contribution < 1.29 is 9.53 Å². The number of ether oxygens (including phenoxy) is 1. The Morgan fingerprint density at radius 1 is 1.40 bits per heavy atom. The topological polar surface area (TPSA) is 52.3 Å². The molecule has 0 bridgehead atoms. The number of hydrogen-bond acceptors (Lipinski definition) is 3. The molecule has 1 unspecified atom stereocenters. The first kappa shape index (κ1) is 12.7. The molecule has 0 aromatic rings. The van der Waals surface area contributed by atoms with E-state index in [2.05, 4.69) is 13.8 Å². The van der Waals surface area contributed by atoms with Crippen molar-refractivity contribution in [3.8, 4) is 0 Å². The van der Waals surface area contributed by atoms with Crippen LogP contribution in [0, 0.1) is 11.8 Å². The highest BCUT2D eigenvalue weighted by molar-refractivity contribution is 5.83. The van der Waals surface area contributed by atoms with E-state index in [1.807, 2.05) is 0 Å². The first-order valence-corrected chi connectivity index (χ1v) is 5.95. The van der Waals surface area contributed by atoms with Gasteiger partial charge in [-0.1, -0.05) is 13.8 Å². The van der Waals surface area contributed by atoms with E-state index in [9.17, 15) is 4.79 Å². The Labute approximate surface area is 92.4 Å². The SMILES string of the molecule is CC(C)CC(N)C(=O)CC1CCOCC1. The van der Waals surface area contributed by atoms with Crippen LogP contribution in [0.4, 0.5) is 0 Å². The Balaban J connectivity index is 2.27. The average molecular weight is 213 g/mol. The molecule has 88 valence electrons. The molecule has 2 N–H and O–H groups in total. The number of nitrogens with two attached hydrogens (primary N) is 1. The molecule has 15 heavy (non-hydrogen) atoms. The summed E-state index contributed by atoms with van der Waals surface area (Å²) in [6, 6.07) is -0.257. The molecule has 1 heterocycles. The molecule has 0 aliphatic carbocycles. The van der Waals surface area contributed by atoms with Crippen LogP contribution in [0.5, 0.6) is 0 Å². The number of ketones is 1. The fourth-order valence-electron chi connectivity index (χ4n) is 2.03. The summed E-state index contributed by atoms with van der Waals surface area (Å²) in [7, 11) is 0. The Morgan fingerprint density at radius 2 is 2.00 bits per heavy atom. The molecule has 0 amide bonds. The van der Waals surface area contributed by atoms with Crippen LogP contribution in [-0.4, -0.2) is 25.0 Å². The molecule has 1 aliphatic heterocycles. The number of rotatable bonds is 5. The van der Waals surface area contributed by atoms with E-state index in [0.29, 0.717) is 18.3 Å². The molecule has 0 radical (unpaired) electrons. The molecule has 1 atom stereocenters. The monoisotopic (exact) mass is 213 g/mol. The van der Waals surface area contributed by atoms with Gasteiger partial charge in [0.2, 0.25) is 0 Å². The van der Waals surface area contributed by atoms with Gasteiger partial charge in [0.25, 0.3) is 0 Å². The van der Waals surface area contributed by atoms with Crippen LogP contribution in [0.2, 0.25) is 0 Å². The molecule has 0 spiro atoms. The highest BCUT2D eigenvalue weighted by Gasteiger charge is 2.21. The Hall–Kier alpha value is -0.410. The minimum atomic E-state index is -0.257. The molecular formula is C12H23NO2. The quantitative estimate of drug-likeness (QED) is 0.757. The number of carbonyl (C=O) groups excluding carboxylic acids is 1. The van der Waals surface area contributed by atoms with Gasteiger partial charge >= 0.3 is 0 Å². The maximum absolute atomic E-state index is 11.8. The second-order valence-corrected chi connectivity index (χ2v) is 4.96. The zero-order valence-corrected chi connectivity index (χ0v) is 9.87. The summed E-state index contributed by atoms with van der Waals surface area (Å²) in [4.78, 5) is 11.8. The minimum Gasteiger partial charge on any atom is -0.381 e. The summed E-state index contributed by atoms with van der Waals surface area (Å²) >= 11 is 0. The first-order chi connectivity index (χ1) is 7.09. The second kappa shape index (κ2) is 6.23. The van der Waals surface area contributed by atoms with Crippen molar-refractivity contribution in [2.24, 2.45) is 17.6 Å². The van der Waals surface area contributed by atoms with Crippen LogP contribution in [0.3, 0.4) is 0 Å². The van der Waals surface area contributed by atoms with Crippen molar-refractivity contribution in [2.75, 3.05) is 13.2 Å². The summed E-state index contributed by atoms with van der Waals surface area (Å²) in [6.07, 6.45) is 3.49. The largest absolute Gasteiger partial charge is 0.381 e. The van der Waals surface area contributed by atoms with Crippen molar-refractivity contribution in [2.45, 2.75) is 45.6 Å². The van der Waals surface area contributed by atoms with Gasteiger partial charge < -0.3 is 10.5 Å². The van der Waals surface area contributed by atoms with Crippen LogP contribution in [0.25, 0.3) is 0 Å². The van der Waals surface area contributed by atoms with Crippen molar-refractivity contribution in [1.29, 1.82) is 0 Å². The molecule has 1 aliphatic rings. The van der Waals surface area contributed by atoms with Gasteiger partial charge in [0.1, 0.15) is 5.78 Å². The predicted molar refractivity (Wildman–Crippen MR) is 60.6 cm³/mol. The van der Waals surface area contributed by atoms with E-state index in [4.69, 9.17) is 10.5 Å². The van der Waals surface area contributed by atoms with E-state index in [0.717, 1.165) is 32.5 Å². The van der Waals surface area contributed by atoms with Gasteiger partial charge in [0.05, 0.1) is 6.04 Å². The molecule has 1 saturated heterocycles. The van der Waals surface area contributed by atoms with Gasteiger partial charge in [-0.25, -0.2) is 0 Å². The molecule has 1 fully saturated rings. The van der Waals surface area contributed by atoms with Gasteiger partial charge in [-0.3, -0.25) is 4.79 Å². The number of Topliss-reactive ketones (excluding diaryl/α,β-unsaturated/α-hetero) is 1. The highest BCUT2D eigenvalue weighted by atomic mass is 16.5. The molecule has 3 nitrogen and oxygen atoms in total. The third kappa shape index (κ3) is 4.76. The molecule has 1 rings (SSSR count). The van der Waals surface area contributed by atoms with Crippen LogP contribution in [-0.2, 0) is 9.53 Å². The fraction of sp³-hybridized carbons (Fsp3) is 0.917. The summed E-state index contributed by atoms with van der Waals surface area (Å²) in [5.41, 5.74) is 5.85. The van der Waals surface area contributed by atoms with E-state index in [1.165, 1.54) is 0 Å². The van der Waals surface area contributed by atoms with Gasteiger partial charge in [-0.15, -0.1) is 0 Å². The van der Waals surface area contributed by atoms with Gasteiger partial charge in [0, 0.05) is 19.6 Å². The lowest BCUT2D eigenvalue weighted by molar-refractivity contribution is -0.122. The lowest BCUT2D eigenvalue weighted by Gasteiger charge is -2.23. The highest BCUT2D eigenvalue weighted by Crippen LogP contribution is 2.20. The van der Waals surface area contributed by atoms with E-state index < -0.39 is 0 Å². The summed E-state index contributed by atoms with van der Waals surface area (Å²) in [5, 5.41) is 0. The maximum Gasteiger partial charge on any atom is 0.149 e. The van der Waals surface area contributed by atoms with Crippen LogP contribution >= 0.6 is 0 Å². The van der Waals surface area contributed by atoms with Crippen LogP contribution < -0.4 is 5.73 Å². The smallest absolute Gasteiger partial charge is 0.149 e. The lowest BCUT2D eigenvalue weighted by atomic mass is 9.90. The van der Waals surface area contributed by atoms with Crippen molar-refractivity contribution in [1.82, 2.24) is 0 Å². The van der Waals surface area contributed by atoms with Gasteiger partial charge in [0.15, 0.2) is 0 Å². The molecule has 3 heteroatoms. The normalized spacial score (nSPS) is 20.5. The van der Waals surface area contributed by atoms with Crippen LogP contribution in [0.1, 0.15) is 39.5 Å². The minimum absolute atomic E-state index is 0.232. The average Bonchev–Trinajstić information content (AvgIpc) is 2.18. The summed E-state index contributed by atoms with van der Waals surface area (Å²) in [5.74, 6) is 1.23. The molecule has 0 aromatic carbocycles. The predicted octanol–water partition coefficient (Wildman–Crippen LogP) is 1.75. The Kier molecular flexibility index (Phi) is 5.26. The zero-order chi connectivity index (χ0) is 11.3. The van der Waals surface area contributed by atoms with Gasteiger partial charge in [-0.05, 0) is 31.1 Å². The van der Waals surface area contributed by atoms with Crippen molar-refractivity contribution >= 4 is 5.78 Å². The number of carbonyl (C=O) groups is 1. The summed E-state index contributed by atoms with van der Waals surface area (Å²) in [6.45, 7) is 5.80. The first-order valence-electron chi connectivity index (χ1n) is 5.95. The second-order valence-electron chi connectivity index (χ2n) is 4.96. The lowest BCUT2D eigenvalue weighted by Crippen LogP contribution is -2.34. The Bertz CT molecular complexity index is 198. The molecule has 0 aromatic heterocycles. The standard InChI is InChI=1S/C12H23NO2/c1-9(2)7-11(13)12(14)8-10-3-5-15-6-4-10/h9-11H,3-8,13H2,1-2H3. The molecule has 0 saturated carbocycles. The van der Waals surface area contributed by atoms with Gasteiger partial charge in [-0.2, -0.15) is 0 Å². The van der Waals surface area contributed by atoms with Crippen molar-refractivity contribution in [3.05, 3.63) is 0 Å². The summed E-state index contributed by atoms with van der Waals surface area (Å²) < 4.78 is 5.26. The number of hydrogen-bond donors (Lipinski definition) is 1. The van der Waals surface area contributed by atoms with Crippen molar-refractivity contribution in [3.63, 3.8) is 0 Å². The third-order valence-corrected chi connectivity index (χ3v) is 2.97. The van der Waals surface area contributed by atoms with E-state index in [1.54, 1.807) is 0 Å². The van der Waals surface area contributed by atoms with E-state index >= 15 is 0 Å². The Morgan fingerprint density at radius 3 is 2.53 bits per heavy atom.